The van der Waals surface area contributed by atoms with E-state index in [1.807, 2.05) is 60.4 Å². The zero-order chi connectivity index (χ0) is 20.9. The number of halogens is 1. The summed E-state index contributed by atoms with van der Waals surface area (Å²) < 4.78 is 12.3. The third kappa shape index (κ3) is 5.19. The SMILES string of the molecule is Cc1cccc(-c2noc(CN(C(=O)COc3ccc(I)cc3)C3CCCC3)n2)c1. The maximum absolute atomic E-state index is 13.0. The van der Waals surface area contributed by atoms with E-state index in [1.165, 1.54) is 0 Å². The highest BCUT2D eigenvalue weighted by molar-refractivity contribution is 14.1. The van der Waals surface area contributed by atoms with Crippen molar-refractivity contribution < 1.29 is 14.1 Å². The van der Waals surface area contributed by atoms with Gasteiger partial charge in [0, 0.05) is 15.2 Å². The molecule has 1 saturated carbocycles. The topological polar surface area (TPSA) is 68.5 Å². The van der Waals surface area contributed by atoms with Crippen LogP contribution >= 0.6 is 22.6 Å². The van der Waals surface area contributed by atoms with Crippen LogP contribution < -0.4 is 4.74 Å². The van der Waals surface area contributed by atoms with E-state index in [0.717, 1.165) is 40.4 Å². The van der Waals surface area contributed by atoms with Gasteiger partial charge in [-0.15, -0.1) is 0 Å². The summed E-state index contributed by atoms with van der Waals surface area (Å²) in [5.41, 5.74) is 2.04. The van der Waals surface area contributed by atoms with Gasteiger partial charge in [0.25, 0.3) is 5.91 Å². The summed E-state index contributed by atoms with van der Waals surface area (Å²) in [6.07, 6.45) is 4.25. The Hall–Kier alpha value is -2.42. The normalized spacial score (nSPS) is 14.1. The van der Waals surface area contributed by atoms with Crippen LogP contribution in [-0.4, -0.2) is 33.6 Å². The van der Waals surface area contributed by atoms with E-state index in [1.54, 1.807) is 0 Å². The number of rotatable bonds is 7. The average molecular weight is 517 g/mol. The molecule has 4 rings (SSSR count). The van der Waals surface area contributed by atoms with Crippen LogP contribution in [0, 0.1) is 10.5 Å². The molecule has 2 aromatic carbocycles. The summed E-state index contributed by atoms with van der Waals surface area (Å²) in [4.78, 5) is 19.4. The Morgan fingerprint density at radius 3 is 2.70 bits per heavy atom. The van der Waals surface area contributed by atoms with Crippen molar-refractivity contribution in [3.8, 4) is 17.1 Å². The number of carbonyl (C=O) groups excluding carboxylic acids is 1. The quantitative estimate of drug-likeness (QED) is 0.413. The Morgan fingerprint density at radius 1 is 1.20 bits per heavy atom. The van der Waals surface area contributed by atoms with Crippen LogP contribution in [0.3, 0.4) is 0 Å². The van der Waals surface area contributed by atoms with Gasteiger partial charge in [0.1, 0.15) is 12.3 Å². The van der Waals surface area contributed by atoms with Gasteiger partial charge in [0.2, 0.25) is 11.7 Å². The second-order valence-electron chi connectivity index (χ2n) is 7.58. The first-order chi connectivity index (χ1) is 14.6. The van der Waals surface area contributed by atoms with Crippen LogP contribution in [-0.2, 0) is 11.3 Å². The van der Waals surface area contributed by atoms with Gasteiger partial charge >= 0.3 is 0 Å². The van der Waals surface area contributed by atoms with Gasteiger partial charge in [-0.1, -0.05) is 41.8 Å². The minimum absolute atomic E-state index is 0.00400. The molecule has 0 radical (unpaired) electrons. The summed E-state index contributed by atoms with van der Waals surface area (Å²) in [6.45, 7) is 2.33. The number of ether oxygens (including phenoxy) is 1. The lowest BCUT2D eigenvalue weighted by atomic mass is 10.1. The van der Waals surface area contributed by atoms with Crippen molar-refractivity contribution in [1.82, 2.24) is 15.0 Å². The van der Waals surface area contributed by atoms with E-state index >= 15 is 0 Å². The van der Waals surface area contributed by atoms with Gasteiger partial charge in [-0.05, 0) is 72.7 Å². The number of nitrogens with zero attached hydrogens (tertiary/aromatic N) is 3. The third-order valence-corrected chi connectivity index (χ3v) is 6.03. The number of benzene rings is 2. The number of aryl methyl sites for hydroxylation is 1. The van der Waals surface area contributed by atoms with Gasteiger partial charge in [-0.25, -0.2) is 0 Å². The van der Waals surface area contributed by atoms with Crippen LogP contribution in [0.4, 0.5) is 0 Å². The molecule has 0 aliphatic heterocycles. The van der Waals surface area contributed by atoms with E-state index in [-0.39, 0.29) is 18.6 Å². The minimum Gasteiger partial charge on any atom is -0.484 e. The molecule has 3 aromatic rings. The molecular weight excluding hydrogens is 493 g/mol. The molecule has 1 aromatic heterocycles. The average Bonchev–Trinajstić information content (AvgIpc) is 3.43. The molecule has 0 atom stereocenters. The van der Waals surface area contributed by atoms with E-state index in [2.05, 4.69) is 32.7 Å². The van der Waals surface area contributed by atoms with Gasteiger partial charge in [0.05, 0.1) is 0 Å². The molecule has 0 saturated heterocycles. The molecule has 0 bridgehead atoms. The van der Waals surface area contributed by atoms with Crippen molar-refractivity contribution in [2.45, 2.75) is 45.2 Å². The lowest BCUT2D eigenvalue weighted by Gasteiger charge is -2.27. The summed E-state index contributed by atoms with van der Waals surface area (Å²) in [5, 5.41) is 4.11. The molecule has 30 heavy (non-hydrogen) atoms. The lowest BCUT2D eigenvalue weighted by Crippen LogP contribution is -2.41. The fourth-order valence-electron chi connectivity index (χ4n) is 3.76. The molecule has 1 aliphatic carbocycles. The minimum atomic E-state index is -0.0595. The van der Waals surface area contributed by atoms with Crippen LogP contribution in [0.5, 0.6) is 5.75 Å². The largest absolute Gasteiger partial charge is 0.484 e. The Morgan fingerprint density at radius 2 is 1.97 bits per heavy atom. The second-order valence-corrected chi connectivity index (χ2v) is 8.83. The van der Waals surface area contributed by atoms with E-state index in [0.29, 0.717) is 24.0 Å². The maximum Gasteiger partial charge on any atom is 0.261 e. The number of amides is 1. The molecule has 156 valence electrons. The monoisotopic (exact) mass is 517 g/mol. The molecule has 6 nitrogen and oxygen atoms in total. The summed E-state index contributed by atoms with van der Waals surface area (Å²) in [5.74, 6) is 1.62. The zero-order valence-electron chi connectivity index (χ0n) is 16.9. The number of aromatic nitrogens is 2. The van der Waals surface area contributed by atoms with Gasteiger partial charge in [-0.2, -0.15) is 4.98 Å². The first kappa shape index (κ1) is 20.8. The number of hydrogen-bond donors (Lipinski definition) is 0. The Labute approximate surface area is 189 Å². The van der Waals surface area contributed by atoms with Crippen molar-refractivity contribution in [2.75, 3.05) is 6.61 Å². The second kappa shape index (κ2) is 9.59. The van der Waals surface area contributed by atoms with Gasteiger partial charge in [-0.3, -0.25) is 4.79 Å². The first-order valence-electron chi connectivity index (χ1n) is 10.2. The molecule has 1 heterocycles. The van der Waals surface area contributed by atoms with Crippen molar-refractivity contribution in [3.05, 3.63) is 63.6 Å². The van der Waals surface area contributed by atoms with Crippen LogP contribution in [0.1, 0.15) is 37.1 Å². The van der Waals surface area contributed by atoms with Crippen molar-refractivity contribution in [3.63, 3.8) is 0 Å². The highest BCUT2D eigenvalue weighted by atomic mass is 127. The third-order valence-electron chi connectivity index (χ3n) is 5.31. The van der Waals surface area contributed by atoms with Crippen molar-refractivity contribution >= 4 is 28.5 Å². The van der Waals surface area contributed by atoms with Crippen molar-refractivity contribution in [1.29, 1.82) is 0 Å². The summed E-state index contributed by atoms with van der Waals surface area (Å²) >= 11 is 2.24. The zero-order valence-corrected chi connectivity index (χ0v) is 19.0. The Balaban J connectivity index is 1.46. The summed E-state index contributed by atoms with van der Waals surface area (Å²) in [7, 11) is 0. The highest BCUT2D eigenvalue weighted by Crippen LogP contribution is 2.26. The van der Waals surface area contributed by atoms with Crippen molar-refractivity contribution in [2.24, 2.45) is 0 Å². The van der Waals surface area contributed by atoms with E-state index in [9.17, 15) is 4.79 Å². The van der Waals surface area contributed by atoms with Crippen LogP contribution in [0.2, 0.25) is 0 Å². The Bertz CT molecular complexity index is 997. The van der Waals surface area contributed by atoms with E-state index in [4.69, 9.17) is 9.26 Å². The van der Waals surface area contributed by atoms with Gasteiger partial charge < -0.3 is 14.2 Å². The lowest BCUT2D eigenvalue weighted by molar-refractivity contribution is -0.136. The van der Waals surface area contributed by atoms with Gasteiger partial charge in [0.15, 0.2) is 6.61 Å². The molecule has 0 unspecified atom stereocenters. The maximum atomic E-state index is 13.0. The van der Waals surface area contributed by atoms with Crippen LogP contribution in [0.25, 0.3) is 11.4 Å². The molecule has 1 fully saturated rings. The number of hydrogen-bond acceptors (Lipinski definition) is 5. The molecule has 0 N–H and O–H groups in total. The molecule has 1 aliphatic rings. The van der Waals surface area contributed by atoms with Crippen LogP contribution in [0.15, 0.2) is 53.1 Å². The Kier molecular flexibility index (Phi) is 6.66. The molecule has 0 spiro atoms. The first-order valence-corrected chi connectivity index (χ1v) is 11.2. The molecule has 7 heteroatoms. The van der Waals surface area contributed by atoms with E-state index < -0.39 is 0 Å². The standard InChI is InChI=1S/C23H24IN3O3/c1-16-5-4-6-17(13-16)23-25-21(30-26-23)14-27(19-7-2-3-8-19)22(28)15-29-20-11-9-18(24)10-12-20/h4-6,9-13,19H,2-3,7-8,14-15H2,1H3. The molecule has 1 amide bonds. The highest BCUT2D eigenvalue weighted by Gasteiger charge is 2.28. The summed E-state index contributed by atoms with van der Waals surface area (Å²) in [6, 6.07) is 15.8. The smallest absolute Gasteiger partial charge is 0.261 e. The molecular formula is C23H24IN3O3. The predicted molar refractivity (Wildman–Crippen MR) is 122 cm³/mol. The fourth-order valence-corrected chi connectivity index (χ4v) is 4.12. The fraction of sp³-hybridized carbons (Fsp3) is 0.348. The number of carbonyl (C=O) groups is 1. The predicted octanol–water partition coefficient (Wildman–Crippen LogP) is 5.00.